The van der Waals surface area contributed by atoms with E-state index in [0.29, 0.717) is 39.7 Å². The lowest BCUT2D eigenvalue weighted by molar-refractivity contribution is -0.122. The molecule has 1 aliphatic heterocycles. The third-order valence-electron chi connectivity index (χ3n) is 4.22. The van der Waals surface area contributed by atoms with Gasteiger partial charge in [-0.25, -0.2) is 4.99 Å². The number of thioether (sulfide) groups is 1. The van der Waals surface area contributed by atoms with Gasteiger partial charge in [0.1, 0.15) is 0 Å². The topological polar surface area (TPSA) is 51.1 Å². The largest absolute Gasteiger partial charge is 0.493 e. The molecule has 30 heavy (non-hydrogen) atoms. The zero-order chi connectivity index (χ0) is 21.7. The molecule has 1 aliphatic rings. The molecule has 0 N–H and O–H groups in total. The summed E-state index contributed by atoms with van der Waals surface area (Å²) in [4.78, 5) is 20.0. The highest BCUT2D eigenvalue weighted by molar-refractivity contribution is 9.10. The van der Waals surface area contributed by atoms with E-state index < -0.39 is 0 Å². The van der Waals surface area contributed by atoms with Crippen molar-refractivity contribution >= 4 is 62.1 Å². The monoisotopic (exact) mass is 508 g/mol. The third-order valence-corrected chi connectivity index (χ3v) is 6.07. The van der Waals surface area contributed by atoms with Crippen LogP contribution in [0.3, 0.4) is 0 Å². The maximum absolute atomic E-state index is 13.0. The Hall–Kier alpha value is -1.96. The van der Waals surface area contributed by atoms with Crippen molar-refractivity contribution in [2.24, 2.45) is 4.99 Å². The second-order valence-electron chi connectivity index (χ2n) is 6.41. The minimum Gasteiger partial charge on any atom is -0.493 e. The molecule has 0 saturated carbocycles. The van der Waals surface area contributed by atoms with Crippen LogP contribution in [-0.4, -0.2) is 36.2 Å². The fraction of sp³-hybridized carbons (Fsp3) is 0.273. The fourth-order valence-corrected chi connectivity index (χ4v) is 4.62. The van der Waals surface area contributed by atoms with Crippen molar-refractivity contribution in [3.63, 3.8) is 0 Å². The third kappa shape index (κ3) is 5.20. The number of carbonyl (C=O) groups excluding carboxylic acids is 1. The molecule has 5 nitrogen and oxygen atoms in total. The minimum absolute atomic E-state index is 0.0569. The number of rotatable bonds is 7. The summed E-state index contributed by atoms with van der Waals surface area (Å²) >= 11 is 10.9. The number of aliphatic imine (C=N–C) groups is 1. The van der Waals surface area contributed by atoms with Gasteiger partial charge in [-0.2, -0.15) is 0 Å². The first kappa shape index (κ1) is 22.7. The molecule has 2 aromatic rings. The first-order valence-corrected chi connectivity index (χ1v) is 11.5. The van der Waals surface area contributed by atoms with E-state index in [-0.39, 0.29) is 5.91 Å². The molecule has 0 bridgehead atoms. The number of ether oxygens (including phenoxy) is 2. The Morgan fingerprint density at radius 1 is 1.23 bits per heavy atom. The summed E-state index contributed by atoms with van der Waals surface area (Å²) in [6.45, 7) is 5.08. The van der Waals surface area contributed by atoms with Gasteiger partial charge in [0.05, 0.1) is 28.8 Å². The van der Waals surface area contributed by atoms with E-state index in [1.165, 1.54) is 11.8 Å². The quantitative estimate of drug-likeness (QED) is 0.399. The highest BCUT2D eigenvalue weighted by atomic mass is 79.9. The van der Waals surface area contributed by atoms with Crippen LogP contribution in [0.2, 0.25) is 5.02 Å². The maximum atomic E-state index is 13.0. The standard InChI is InChI=1S/C22H22BrClN2O3S/c1-4-10-26-21(27)19(30-22(26)25-16-8-6-15(24)7-9-16)13-14-11-17(23)20(29-5-2)18(12-14)28-3/h6-9,11-13H,4-5,10H2,1-3H3/b19-13-,25-22?. The molecular weight excluding hydrogens is 488 g/mol. The molecule has 1 saturated heterocycles. The molecule has 0 aromatic heterocycles. The zero-order valence-electron chi connectivity index (χ0n) is 16.9. The molecule has 8 heteroatoms. The summed E-state index contributed by atoms with van der Waals surface area (Å²) in [5.41, 5.74) is 1.59. The predicted molar refractivity (Wildman–Crippen MR) is 128 cm³/mol. The summed E-state index contributed by atoms with van der Waals surface area (Å²) in [6.07, 6.45) is 2.69. The Kier molecular flexibility index (Phi) is 7.86. The Bertz CT molecular complexity index is 993. The first-order valence-electron chi connectivity index (χ1n) is 9.52. The highest BCUT2D eigenvalue weighted by Crippen LogP contribution is 2.39. The molecule has 0 unspecified atom stereocenters. The molecule has 0 radical (unpaired) electrons. The summed E-state index contributed by atoms with van der Waals surface area (Å²) in [7, 11) is 1.59. The van der Waals surface area contributed by atoms with Gasteiger partial charge >= 0.3 is 0 Å². The summed E-state index contributed by atoms with van der Waals surface area (Å²) in [6, 6.07) is 11.0. The van der Waals surface area contributed by atoms with Crippen molar-refractivity contribution in [2.45, 2.75) is 20.3 Å². The lowest BCUT2D eigenvalue weighted by atomic mass is 10.2. The number of nitrogens with zero attached hydrogens (tertiary/aromatic N) is 2. The SMILES string of the molecule is CCCN1C(=O)/C(=C/c2cc(Br)c(OCC)c(OC)c2)SC1=Nc1ccc(Cl)cc1. The number of halogens is 2. The fourth-order valence-electron chi connectivity index (χ4n) is 2.90. The number of carbonyl (C=O) groups is 1. The van der Waals surface area contributed by atoms with Gasteiger partial charge in [0.2, 0.25) is 0 Å². The maximum Gasteiger partial charge on any atom is 0.266 e. The van der Waals surface area contributed by atoms with Crippen molar-refractivity contribution in [1.29, 1.82) is 0 Å². The number of benzene rings is 2. The van der Waals surface area contributed by atoms with Crippen LogP contribution in [0.25, 0.3) is 6.08 Å². The summed E-state index contributed by atoms with van der Waals surface area (Å²) < 4.78 is 11.9. The lowest BCUT2D eigenvalue weighted by Gasteiger charge is -2.14. The number of hydrogen-bond acceptors (Lipinski definition) is 5. The van der Waals surface area contributed by atoms with Crippen molar-refractivity contribution < 1.29 is 14.3 Å². The van der Waals surface area contributed by atoms with Gasteiger partial charge in [-0.3, -0.25) is 9.69 Å². The van der Waals surface area contributed by atoms with Gasteiger partial charge in [0.25, 0.3) is 5.91 Å². The van der Waals surface area contributed by atoms with Gasteiger partial charge in [0.15, 0.2) is 16.7 Å². The molecule has 0 spiro atoms. The molecular formula is C22H22BrClN2O3S. The van der Waals surface area contributed by atoms with Crippen LogP contribution in [0, 0.1) is 0 Å². The summed E-state index contributed by atoms with van der Waals surface area (Å²) in [5.74, 6) is 1.19. The van der Waals surface area contributed by atoms with Gasteiger partial charge in [0, 0.05) is 11.6 Å². The van der Waals surface area contributed by atoms with E-state index in [0.717, 1.165) is 22.1 Å². The molecule has 1 amide bonds. The molecule has 0 atom stereocenters. The zero-order valence-corrected chi connectivity index (χ0v) is 20.1. The van der Waals surface area contributed by atoms with E-state index in [2.05, 4.69) is 20.9 Å². The van der Waals surface area contributed by atoms with Crippen LogP contribution in [0.1, 0.15) is 25.8 Å². The van der Waals surface area contributed by atoms with Crippen molar-refractivity contribution in [3.8, 4) is 11.5 Å². The van der Waals surface area contributed by atoms with Crippen LogP contribution in [0.5, 0.6) is 11.5 Å². The average molecular weight is 510 g/mol. The van der Waals surface area contributed by atoms with Crippen molar-refractivity contribution in [3.05, 3.63) is 56.4 Å². The van der Waals surface area contributed by atoms with Gasteiger partial charge in [-0.05, 0) is 89.1 Å². The summed E-state index contributed by atoms with van der Waals surface area (Å²) in [5, 5.41) is 1.31. The highest BCUT2D eigenvalue weighted by Gasteiger charge is 2.32. The average Bonchev–Trinajstić information content (AvgIpc) is 3.00. The Morgan fingerprint density at radius 3 is 2.60 bits per heavy atom. The van der Waals surface area contributed by atoms with Crippen LogP contribution >= 0.6 is 39.3 Å². The molecule has 1 heterocycles. The molecule has 2 aromatic carbocycles. The molecule has 158 valence electrons. The normalized spacial score (nSPS) is 16.6. The molecule has 3 rings (SSSR count). The van der Waals surface area contributed by atoms with E-state index >= 15 is 0 Å². The van der Waals surface area contributed by atoms with Crippen LogP contribution < -0.4 is 9.47 Å². The van der Waals surface area contributed by atoms with Crippen molar-refractivity contribution in [1.82, 2.24) is 4.90 Å². The second kappa shape index (κ2) is 10.4. The van der Waals surface area contributed by atoms with E-state index in [1.807, 2.05) is 44.2 Å². The first-order chi connectivity index (χ1) is 14.5. The van der Waals surface area contributed by atoms with E-state index in [1.54, 1.807) is 24.1 Å². The van der Waals surface area contributed by atoms with Crippen LogP contribution in [0.4, 0.5) is 5.69 Å². The number of methoxy groups -OCH3 is 1. The number of hydrogen-bond donors (Lipinski definition) is 0. The van der Waals surface area contributed by atoms with Gasteiger partial charge in [-0.1, -0.05) is 18.5 Å². The number of amides is 1. The molecule has 1 fully saturated rings. The van der Waals surface area contributed by atoms with E-state index in [9.17, 15) is 4.79 Å². The second-order valence-corrected chi connectivity index (χ2v) is 8.71. The Balaban J connectivity index is 1.96. The Morgan fingerprint density at radius 2 is 1.97 bits per heavy atom. The van der Waals surface area contributed by atoms with Crippen LogP contribution in [0.15, 0.2) is 50.8 Å². The van der Waals surface area contributed by atoms with E-state index in [4.69, 9.17) is 21.1 Å². The number of amidine groups is 1. The smallest absolute Gasteiger partial charge is 0.266 e. The predicted octanol–water partition coefficient (Wildman–Crippen LogP) is 6.52. The van der Waals surface area contributed by atoms with Crippen molar-refractivity contribution in [2.75, 3.05) is 20.3 Å². The van der Waals surface area contributed by atoms with Gasteiger partial charge in [-0.15, -0.1) is 0 Å². The van der Waals surface area contributed by atoms with Crippen LogP contribution in [-0.2, 0) is 4.79 Å². The minimum atomic E-state index is -0.0569. The lowest BCUT2D eigenvalue weighted by Crippen LogP contribution is -2.29. The van der Waals surface area contributed by atoms with Gasteiger partial charge < -0.3 is 9.47 Å². The Labute approximate surface area is 194 Å². The molecule has 0 aliphatic carbocycles.